The molecule has 1 aliphatic rings. The Kier molecular flexibility index (Phi) is 6.50. The summed E-state index contributed by atoms with van der Waals surface area (Å²) in [5.74, 6) is 2.00. The van der Waals surface area contributed by atoms with E-state index in [0.29, 0.717) is 0 Å². The molecule has 1 fully saturated rings. The second kappa shape index (κ2) is 8.38. The predicted molar refractivity (Wildman–Crippen MR) is 90.8 cm³/mol. The second-order valence-electron chi connectivity index (χ2n) is 6.49. The quantitative estimate of drug-likeness (QED) is 0.828. The van der Waals surface area contributed by atoms with Crippen molar-refractivity contribution in [2.45, 2.75) is 58.4 Å². The van der Waals surface area contributed by atoms with Gasteiger partial charge in [-0.15, -0.1) is 0 Å². The highest BCUT2D eigenvalue weighted by Crippen LogP contribution is 2.26. The molecule has 0 aliphatic heterocycles. The third-order valence-corrected chi connectivity index (χ3v) is 4.46. The van der Waals surface area contributed by atoms with Crippen molar-refractivity contribution in [3.63, 3.8) is 0 Å². The molecule has 0 spiro atoms. The number of anilines is 1. The standard InChI is InChI=1S/C18H31N3/c1-4-8-17-11-16(13-19-2)12-18(20-17)21(3)14-15-9-6-5-7-10-15/h11-12,15,19H,4-10,13-14H2,1-3H3. The number of aromatic nitrogens is 1. The van der Waals surface area contributed by atoms with Crippen LogP contribution >= 0.6 is 0 Å². The Hall–Kier alpha value is -1.09. The summed E-state index contributed by atoms with van der Waals surface area (Å²) in [6, 6.07) is 4.50. The highest BCUT2D eigenvalue weighted by molar-refractivity contribution is 5.42. The molecule has 3 heteroatoms. The van der Waals surface area contributed by atoms with Crippen LogP contribution in [0.5, 0.6) is 0 Å². The molecule has 0 atom stereocenters. The average Bonchev–Trinajstić information content (AvgIpc) is 2.49. The van der Waals surface area contributed by atoms with E-state index in [1.54, 1.807) is 0 Å². The van der Waals surface area contributed by atoms with Crippen LogP contribution in [0.25, 0.3) is 0 Å². The fraction of sp³-hybridized carbons (Fsp3) is 0.722. The SMILES string of the molecule is CCCc1cc(CNC)cc(N(C)CC2CCCCC2)n1. The molecule has 118 valence electrons. The molecule has 0 amide bonds. The maximum absolute atomic E-state index is 4.87. The third kappa shape index (κ3) is 4.99. The lowest BCUT2D eigenvalue weighted by molar-refractivity contribution is 0.361. The van der Waals surface area contributed by atoms with Gasteiger partial charge < -0.3 is 10.2 Å². The van der Waals surface area contributed by atoms with Crippen LogP contribution in [0.3, 0.4) is 0 Å². The molecule has 1 aliphatic carbocycles. The van der Waals surface area contributed by atoms with Crippen molar-refractivity contribution in [1.82, 2.24) is 10.3 Å². The Balaban J connectivity index is 2.08. The summed E-state index contributed by atoms with van der Waals surface area (Å²) in [7, 11) is 4.21. The summed E-state index contributed by atoms with van der Waals surface area (Å²) in [5.41, 5.74) is 2.58. The minimum atomic E-state index is 0.855. The van der Waals surface area contributed by atoms with Gasteiger partial charge in [-0.25, -0.2) is 4.98 Å². The lowest BCUT2D eigenvalue weighted by atomic mass is 9.89. The lowest BCUT2D eigenvalue weighted by Gasteiger charge is -2.28. The van der Waals surface area contributed by atoms with E-state index in [2.05, 4.69) is 36.3 Å². The molecule has 1 aromatic heterocycles. The van der Waals surface area contributed by atoms with Crippen LogP contribution in [0.15, 0.2) is 12.1 Å². The first kappa shape index (κ1) is 16.3. The smallest absolute Gasteiger partial charge is 0.128 e. The highest BCUT2D eigenvalue weighted by atomic mass is 15.2. The van der Waals surface area contributed by atoms with Gasteiger partial charge in [-0.05, 0) is 49.9 Å². The number of hydrogen-bond donors (Lipinski definition) is 1. The van der Waals surface area contributed by atoms with Gasteiger partial charge in [0.1, 0.15) is 5.82 Å². The van der Waals surface area contributed by atoms with Crippen LogP contribution < -0.4 is 10.2 Å². The van der Waals surface area contributed by atoms with Crippen LogP contribution in [0.2, 0.25) is 0 Å². The van der Waals surface area contributed by atoms with Crippen LogP contribution in [0.4, 0.5) is 5.82 Å². The van der Waals surface area contributed by atoms with Gasteiger partial charge in [0.25, 0.3) is 0 Å². The molecule has 0 aromatic carbocycles. The van der Waals surface area contributed by atoms with Crippen molar-refractivity contribution >= 4 is 5.82 Å². The Morgan fingerprint density at radius 3 is 2.67 bits per heavy atom. The summed E-state index contributed by atoms with van der Waals surface area (Å²) < 4.78 is 0. The van der Waals surface area contributed by atoms with Gasteiger partial charge in [0.05, 0.1) is 0 Å². The van der Waals surface area contributed by atoms with Gasteiger partial charge in [0.15, 0.2) is 0 Å². The lowest BCUT2D eigenvalue weighted by Crippen LogP contribution is -2.28. The van der Waals surface area contributed by atoms with Crippen LogP contribution in [-0.4, -0.2) is 25.6 Å². The Bertz CT molecular complexity index is 400. The van der Waals surface area contributed by atoms with E-state index >= 15 is 0 Å². The minimum absolute atomic E-state index is 0.855. The molecule has 1 N–H and O–H groups in total. The van der Waals surface area contributed by atoms with E-state index < -0.39 is 0 Å². The highest BCUT2D eigenvalue weighted by Gasteiger charge is 2.16. The average molecular weight is 289 g/mol. The van der Waals surface area contributed by atoms with E-state index in [0.717, 1.165) is 37.7 Å². The minimum Gasteiger partial charge on any atom is -0.359 e. The van der Waals surface area contributed by atoms with E-state index in [4.69, 9.17) is 4.98 Å². The topological polar surface area (TPSA) is 28.2 Å². The summed E-state index contributed by atoms with van der Waals surface area (Å²) in [6.45, 7) is 4.29. The zero-order valence-electron chi connectivity index (χ0n) is 14.0. The first-order chi connectivity index (χ1) is 10.2. The second-order valence-corrected chi connectivity index (χ2v) is 6.49. The van der Waals surface area contributed by atoms with Gasteiger partial charge in [0.2, 0.25) is 0 Å². The molecular formula is C18H31N3. The number of nitrogens with one attached hydrogen (secondary N) is 1. The Labute approximate surface area is 130 Å². The molecule has 2 rings (SSSR count). The van der Waals surface area contributed by atoms with Gasteiger partial charge in [0, 0.05) is 25.8 Å². The maximum atomic E-state index is 4.87. The number of hydrogen-bond acceptors (Lipinski definition) is 3. The van der Waals surface area contributed by atoms with Crippen molar-refractivity contribution in [2.75, 3.05) is 25.5 Å². The number of aryl methyl sites for hydroxylation is 1. The van der Waals surface area contributed by atoms with Gasteiger partial charge in [-0.1, -0.05) is 32.6 Å². The van der Waals surface area contributed by atoms with Gasteiger partial charge >= 0.3 is 0 Å². The summed E-state index contributed by atoms with van der Waals surface area (Å²) in [6.07, 6.45) is 9.25. The molecule has 21 heavy (non-hydrogen) atoms. The Morgan fingerprint density at radius 2 is 2.00 bits per heavy atom. The summed E-state index contributed by atoms with van der Waals surface area (Å²) in [4.78, 5) is 7.24. The van der Waals surface area contributed by atoms with Gasteiger partial charge in [-0.2, -0.15) is 0 Å². The van der Waals surface area contributed by atoms with Gasteiger partial charge in [-0.3, -0.25) is 0 Å². The van der Waals surface area contributed by atoms with E-state index in [1.807, 2.05) is 7.05 Å². The molecule has 1 aromatic rings. The fourth-order valence-electron chi connectivity index (χ4n) is 3.37. The van der Waals surface area contributed by atoms with E-state index in [-0.39, 0.29) is 0 Å². The van der Waals surface area contributed by atoms with E-state index in [9.17, 15) is 0 Å². The normalized spacial score (nSPS) is 16.1. The fourth-order valence-corrected chi connectivity index (χ4v) is 3.37. The molecule has 1 saturated carbocycles. The first-order valence-corrected chi connectivity index (χ1v) is 8.58. The zero-order chi connectivity index (χ0) is 15.1. The number of nitrogens with zero attached hydrogens (tertiary/aromatic N) is 2. The number of rotatable bonds is 7. The van der Waals surface area contributed by atoms with Crippen molar-refractivity contribution in [2.24, 2.45) is 5.92 Å². The largest absolute Gasteiger partial charge is 0.359 e. The first-order valence-electron chi connectivity index (χ1n) is 8.58. The van der Waals surface area contributed by atoms with Crippen molar-refractivity contribution in [3.8, 4) is 0 Å². The molecular weight excluding hydrogens is 258 g/mol. The molecule has 3 nitrogen and oxygen atoms in total. The molecule has 0 bridgehead atoms. The van der Waals surface area contributed by atoms with Crippen LogP contribution in [0, 0.1) is 5.92 Å². The van der Waals surface area contributed by atoms with Crippen molar-refractivity contribution in [3.05, 3.63) is 23.4 Å². The molecule has 1 heterocycles. The maximum Gasteiger partial charge on any atom is 0.128 e. The summed E-state index contributed by atoms with van der Waals surface area (Å²) >= 11 is 0. The van der Waals surface area contributed by atoms with Crippen molar-refractivity contribution in [1.29, 1.82) is 0 Å². The van der Waals surface area contributed by atoms with Crippen molar-refractivity contribution < 1.29 is 0 Å². The molecule has 0 saturated heterocycles. The van der Waals surface area contributed by atoms with Crippen LogP contribution in [0.1, 0.15) is 56.7 Å². The van der Waals surface area contributed by atoms with Crippen LogP contribution in [-0.2, 0) is 13.0 Å². The number of pyridine rings is 1. The zero-order valence-corrected chi connectivity index (χ0v) is 14.0. The van der Waals surface area contributed by atoms with E-state index in [1.165, 1.54) is 43.4 Å². The molecule has 0 unspecified atom stereocenters. The predicted octanol–water partition coefficient (Wildman–Crippen LogP) is 3.77. The third-order valence-electron chi connectivity index (χ3n) is 4.46. The monoisotopic (exact) mass is 289 g/mol. The summed E-state index contributed by atoms with van der Waals surface area (Å²) in [5, 5.41) is 3.25. The Morgan fingerprint density at radius 1 is 1.24 bits per heavy atom. The molecule has 0 radical (unpaired) electrons.